The monoisotopic (exact) mass is 426 g/mol. The molecule has 0 aliphatic heterocycles. The van der Waals surface area contributed by atoms with Gasteiger partial charge in [-0.05, 0) is 55.8 Å². The summed E-state index contributed by atoms with van der Waals surface area (Å²) in [4.78, 5) is 4.53. The van der Waals surface area contributed by atoms with Crippen molar-refractivity contribution in [3.8, 4) is 5.75 Å². The van der Waals surface area contributed by atoms with Gasteiger partial charge >= 0.3 is 0 Å². The summed E-state index contributed by atoms with van der Waals surface area (Å²) in [6.45, 7) is 4.33. The van der Waals surface area contributed by atoms with Crippen LogP contribution in [0.1, 0.15) is 12.5 Å². The van der Waals surface area contributed by atoms with Crippen LogP contribution in [0.5, 0.6) is 5.75 Å². The van der Waals surface area contributed by atoms with Gasteiger partial charge in [0.25, 0.3) is 10.0 Å². The zero-order valence-electron chi connectivity index (χ0n) is 13.0. The lowest BCUT2D eigenvalue weighted by Gasteiger charge is -2.06. The summed E-state index contributed by atoms with van der Waals surface area (Å²) in [5, 5.41) is 0.333. The van der Waals surface area contributed by atoms with Crippen LogP contribution >= 0.6 is 27.3 Å². The van der Waals surface area contributed by atoms with Crippen LogP contribution in [-0.4, -0.2) is 20.0 Å². The number of aromatic nitrogens is 1. The number of sulfonamides is 1. The predicted octanol–water partition coefficient (Wildman–Crippen LogP) is 4.57. The molecule has 1 N–H and O–H groups in total. The van der Waals surface area contributed by atoms with Gasteiger partial charge in [-0.3, -0.25) is 4.72 Å². The fourth-order valence-corrected chi connectivity index (χ4v) is 4.62. The third-order valence-electron chi connectivity index (χ3n) is 3.33. The van der Waals surface area contributed by atoms with Gasteiger partial charge in [-0.25, -0.2) is 13.4 Å². The van der Waals surface area contributed by atoms with Crippen molar-refractivity contribution in [2.45, 2.75) is 18.7 Å². The van der Waals surface area contributed by atoms with Crippen molar-refractivity contribution in [1.29, 1.82) is 0 Å². The lowest BCUT2D eigenvalue weighted by atomic mass is 10.2. The number of rotatable bonds is 5. The summed E-state index contributed by atoms with van der Waals surface area (Å²) < 4.78 is 34.8. The van der Waals surface area contributed by atoms with Gasteiger partial charge in [0.05, 0.1) is 21.7 Å². The Labute approximate surface area is 152 Å². The average Bonchev–Trinajstić information content (AvgIpc) is 2.91. The predicted molar refractivity (Wildman–Crippen MR) is 100 cm³/mol. The maximum Gasteiger partial charge on any atom is 0.263 e. The number of ether oxygens (including phenoxy) is 1. The summed E-state index contributed by atoms with van der Waals surface area (Å²) in [5.41, 5.74) is 1.58. The van der Waals surface area contributed by atoms with Crippen LogP contribution in [0.2, 0.25) is 0 Å². The molecule has 0 atom stereocenters. The Morgan fingerprint density at radius 1 is 1.25 bits per heavy atom. The molecular formula is C16H15BrN2O3S2. The number of benzene rings is 2. The Morgan fingerprint density at radius 3 is 2.75 bits per heavy atom. The Morgan fingerprint density at radius 2 is 2.04 bits per heavy atom. The van der Waals surface area contributed by atoms with E-state index in [0.29, 0.717) is 11.7 Å². The van der Waals surface area contributed by atoms with Gasteiger partial charge in [0, 0.05) is 4.47 Å². The zero-order chi connectivity index (χ0) is 17.3. The number of thiazole rings is 1. The molecule has 126 valence electrons. The Balaban J connectivity index is 1.91. The highest BCUT2D eigenvalue weighted by Gasteiger charge is 2.17. The second kappa shape index (κ2) is 6.70. The molecule has 8 heteroatoms. The van der Waals surface area contributed by atoms with Gasteiger partial charge in [0.15, 0.2) is 5.13 Å². The molecule has 0 fully saturated rings. The van der Waals surface area contributed by atoms with E-state index in [1.165, 1.54) is 11.3 Å². The van der Waals surface area contributed by atoms with Gasteiger partial charge in [-0.1, -0.05) is 27.3 Å². The van der Waals surface area contributed by atoms with Crippen molar-refractivity contribution in [2.24, 2.45) is 0 Å². The lowest BCUT2D eigenvalue weighted by molar-refractivity contribution is 0.341. The minimum absolute atomic E-state index is 0.206. The molecule has 2 aromatic carbocycles. The number of hydrogen-bond donors (Lipinski definition) is 1. The highest BCUT2D eigenvalue weighted by atomic mass is 79.9. The molecule has 0 saturated carbocycles. The molecule has 5 nitrogen and oxygen atoms in total. The largest absolute Gasteiger partial charge is 0.494 e. The van der Waals surface area contributed by atoms with E-state index in [9.17, 15) is 8.42 Å². The maximum atomic E-state index is 12.5. The highest BCUT2D eigenvalue weighted by molar-refractivity contribution is 9.10. The molecule has 1 heterocycles. The number of anilines is 1. The summed E-state index contributed by atoms with van der Waals surface area (Å²) in [7, 11) is -3.67. The fourth-order valence-electron chi connectivity index (χ4n) is 2.16. The standard InChI is InChI=1S/C16H15BrN2O3S2/c1-3-22-11-4-7-14-15(9-11)23-16(18-14)19-24(20,21)12-5-6-13(17)10(2)8-12/h4-9H,3H2,1-2H3,(H,18,19). The molecule has 0 bridgehead atoms. The lowest BCUT2D eigenvalue weighted by Crippen LogP contribution is -2.12. The third-order valence-corrected chi connectivity index (χ3v) is 6.62. The number of fused-ring (bicyclic) bond motifs is 1. The number of nitrogens with zero attached hydrogens (tertiary/aromatic N) is 1. The molecule has 3 rings (SSSR count). The summed E-state index contributed by atoms with van der Waals surface area (Å²) in [6.07, 6.45) is 0. The first kappa shape index (κ1) is 17.2. The van der Waals surface area contributed by atoms with E-state index in [2.05, 4.69) is 25.6 Å². The Kier molecular flexibility index (Phi) is 4.80. The number of nitrogens with one attached hydrogen (secondary N) is 1. The number of halogens is 1. The van der Waals surface area contributed by atoms with Gasteiger partial charge in [0.1, 0.15) is 5.75 Å². The van der Waals surface area contributed by atoms with Crippen LogP contribution in [0.4, 0.5) is 5.13 Å². The van der Waals surface area contributed by atoms with Crippen molar-refractivity contribution in [2.75, 3.05) is 11.3 Å². The van der Waals surface area contributed by atoms with Gasteiger partial charge in [-0.2, -0.15) is 0 Å². The Hall–Kier alpha value is -1.64. The molecule has 0 unspecified atom stereocenters. The smallest absolute Gasteiger partial charge is 0.263 e. The van der Waals surface area contributed by atoms with E-state index in [0.717, 1.165) is 26.0 Å². The van der Waals surface area contributed by atoms with Gasteiger partial charge in [-0.15, -0.1) is 0 Å². The van der Waals surface area contributed by atoms with Crippen molar-refractivity contribution >= 4 is 52.6 Å². The molecule has 0 aliphatic carbocycles. The average molecular weight is 427 g/mol. The van der Waals surface area contributed by atoms with Crippen molar-refractivity contribution in [3.63, 3.8) is 0 Å². The summed E-state index contributed by atoms with van der Waals surface area (Å²) >= 11 is 4.64. The van der Waals surface area contributed by atoms with Crippen LogP contribution in [0, 0.1) is 6.92 Å². The molecule has 0 aliphatic rings. The van der Waals surface area contributed by atoms with E-state index >= 15 is 0 Å². The second-order valence-electron chi connectivity index (χ2n) is 5.10. The molecule has 0 spiro atoms. The van der Waals surface area contributed by atoms with Crippen molar-refractivity contribution < 1.29 is 13.2 Å². The normalized spacial score (nSPS) is 11.6. The molecule has 0 amide bonds. The Bertz CT molecular complexity index is 1000. The first-order chi connectivity index (χ1) is 11.4. The van der Waals surface area contributed by atoms with Crippen LogP contribution in [0.3, 0.4) is 0 Å². The van der Waals surface area contributed by atoms with Crippen LogP contribution in [0.25, 0.3) is 10.2 Å². The van der Waals surface area contributed by atoms with Crippen LogP contribution < -0.4 is 9.46 Å². The quantitative estimate of drug-likeness (QED) is 0.648. The molecule has 0 radical (unpaired) electrons. The van der Waals surface area contributed by atoms with Crippen LogP contribution in [-0.2, 0) is 10.0 Å². The summed E-state index contributed by atoms with van der Waals surface area (Å²) in [5.74, 6) is 0.742. The minimum Gasteiger partial charge on any atom is -0.494 e. The first-order valence-electron chi connectivity index (χ1n) is 7.21. The molecule has 0 saturated heterocycles. The van der Waals surface area contributed by atoms with Crippen LogP contribution in [0.15, 0.2) is 45.8 Å². The third kappa shape index (κ3) is 3.55. The van der Waals surface area contributed by atoms with E-state index in [1.54, 1.807) is 18.2 Å². The topological polar surface area (TPSA) is 68.3 Å². The minimum atomic E-state index is -3.67. The SMILES string of the molecule is CCOc1ccc2nc(NS(=O)(=O)c3ccc(Br)c(C)c3)sc2c1. The van der Waals surface area contributed by atoms with E-state index in [4.69, 9.17) is 4.74 Å². The van der Waals surface area contributed by atoms with Crippen molar-refractivity contribution in [1.82, 2.24) is 4.98 Å². The van der Waals surface area contributed by atoms with Gasteiger partial charge in [0.2, 0.25) is 0 Å². The molecule has 3 aromatic rings. The van der Waals surface area contributed by atoms with E-state index < -0.39 is 10.0 Å². The zero-order valence-corrected chi connectivity index (χ0v) is 16.3. The fraction of sp³-hybridized carbons (Fsp3) is 0.188. The summed E-state index contributed by atoms with van der Waals surface area (Å²) in [6, 6.07) is 10.4. The molecular weight excluding hydrogens is 412 g/mol. The number of hydrogen-bond acceptors (Lipinski definition) is 5. The molecule has 24 heavy (non-hydrogen) atoms. The van der Waals surface area contributed by atoms with E-state index in [-0.39, 0.29) is 4.90 Å². The maximum absolute atomic E-state index is 12.5. The second-order valence-corrected chi connectivity index (χ2v) is 8.67. The number of aryl methyl sites for hydroxylation is 1. The van der Waals surface area contributed by atoms with Crippen molar-refractivity contribution in [3.05, 3.63) is 46.4 Å². The highest BCUT2D eigenvalue weighted by Crippen LogP contribution is 2.31. The van der Waals surface area contributed by atoms with Gasteiger partial charge < -0.3 is 4.74 Å². The molecule has 1 aromatic heterocycles. The first-order valence-corrected chi connectivity index (χ1v) is 10.3. The van der Waals surface area contributed by atoms with E-state index in [1.807, 2.05) is 32.0 Å².